The maximum Gasteiger partial charge on any atom is 0.308 e. The highest BCUT2D eigenvalue weighted by molar-refractivity contribution is 7.21. The molecule has 9 nitrogen and oxygen atoms in total. The van der Waals surface area contributed by atoms with Gasteiger partial charge in [-0.05, 0) is 53.1 Å². The molecule has 0 spiro atoms. The first-order valence-corrected chi connectivity index (χ1v) is 15.4. The van der Waals surface area contributed by atoms with Gasteiger partial charge in [0.2, 0.25) is 0 Å². The Morgan fingerprint density at radius 2 is 1.19 bits per heavy atom. The number of carbonyl (C=O) groups excluding carboxylic acids is 4. The van der Waals surface area contributed by atoms with Crippen LogP contribution in [-0.2, 0) is 25.5 Å². The number of ketones is 2. The number of nitrogens with one attached hydrogen (secondary N) is 1. The van der Waals surface area contributed by atoms with Crippen molar-refractivity contribution in [2.24, 2.45) is 11.8 Å². The minimum Gasteiger partial charge on any atom is -0.496 e. The monoisotopic (exact) mass is 625 g/mol. The van der Waals surface area contributed by atoms with E-state index in [0.29, 0.717) is 28.5 Å². The molecule has 228 valence electrons. The minimum atomic E-state index is -0.512. The van der Waals surface area contributed by atoms with Gasteiger partial charge in [-0.3, -0.25) is 19.2 Å². The fourth-order valence-electron chi connectivity index (χ4n) is 4.81. The third kappa shape index (κ3) is 7.34. The van der Waals surface area contributed by atoms with E-state index < -0.39 is 23.8 Å². The third-order valence-corrected chi connectivity index (χ3v) is 9.49. The molecular formula is C32H35NO8S2. The van der Waals surface area contributed by atoms with Crippen LogP contribution in [0.5, 0.6) is 11.5 Å². The van der Waals surface area contributed by atoms with Crippen LogP contribution in [0.25, 0.3) is 20.2 Å². The molecule has 0 unspecified atom stereocenters. The van der Waals surface area contributed by atoms with Crippen LogP contribution >= 0.6 is 22.7 Å². The zero-order valence-corrected chi connectivity index (χ0v) is 26.7. The Balaban J connectivity index is 1.48. The lowest BCUT2D eigenvalue weighted by Gasteiger charge is -2.13. The molecule has 4 rings (SSSR count). The number of thiophene rings is 2. The van der Waals surface area contributed by atoms with Gasteiger partial charge in [-0.1, -0.05) is 13.8 Å². The highest BCUT2D eigenvalue weighted by Crippen LogP contribution is 2.37. The van der Waals surface area contributed by atoms with Gasteiger partial charge in [-0.25, -0.2) is 0 Å². The molecule has 0 aliphatic rings. The Morgan fingerprint density at radius 1 is 0.698 bits per heavy atom. The molecule has 0 aliphatic heterocycles. The van der Waals surface area contributed by atoms with Crippen molar-refractivity contribution >= 4 is 72.0 Å². The number of hydrogen-bond acceptors (Lipinski definition) is 11. The first-order chi connectivity index (χ1) is 20.6. The van der Waals surface area contributed by atoms with Crippen LogP contribution in [0.15, 0.2) is 36.4 Å². The van der Waals surface area contributed by atoms with Gasteiger partial charge in [0.1, 0.15) is 11.5 Å². The van der Waals surface area contributed by atoms with Gasteiger partial charge in [0, 0.05) is 34.9 Å². The fraction of sp³-hybridized carbons (Fsp3) is 0.375. The van der Waals surface area contributed by atoms with Gasteiger partial charge < -0.3 is 24.3 Å². The van der Waals surface area contributed by atoms with Crippen LogP contribution in [0, 0.1) is 11.8 Å². The molecule has 1 N–H and O–H groups in total. The van der Waals surface area contributed by atoms with Gasteiger partial charge in [0.25, 0.3) is 0 Å². The maximum absolute atomic E-state index is 12.8. The molecular weight excluding hydrogens is 590 g/mol. The van der Waals surface area contributed by atoms with Crippen molar-refractivity contribution in [1.82, 2.24) is 0 Å². The molecule has 11 heteroatoms. The smallest absolute Gasteiger partial charge is 0.308 e. The molecule has 2 atom stereocenters. The Labute approximate surface area is 258 Å². The molecule has 2 aromatic heterocycles. The highest BCUT2D eigenvalue weighted by atomic mass is 32.1. The summed E-state index contributed by atoms with van der Waals surface area (Å²) in [5, 5.41) is 5.28. The van der Waals surface area contributed by atoms with E-state index in [9.17, 15) is 19.2 Å². The topological polar surface area (TPSA) is 117 Å². The lowest BCUT2D eigenvalue weighted by atomic mass is 10.0. The number of rotatable bonds is 14. The highest BCUT2D eigenvalue weighted by Gasteiger charge is 2.22. The van der Waals surface area contributed by atoms with Crippen molar-refractivity contribution in [1.29, 1.82) is 0 Å². The van der Waals surface area contributed by atoms with Crippen LogP contribution in [0.4, 0.5) is 5.69 Å². The molecule has 0 bridgehead atoms. The van der Waals surface area contributed by atoms with Crippen LogP contribution in [0.2, 0.25) is 0 Å². The van der Waals surface area contributed by atoms with Crippen LogP contribution in [-0.4, -0.2) is 58.5 Å². The van der Waals surface area contributed by atoms with E-state index in [4.69, 9.17) is 18.9 Å². The third-order valence-electron chi connectivity index (χ3n) is 7.21. The summed E-state index contributed by atoms with van der Waals surface area (Å²) in [5.74, 6) is -0.653. The zero-order chi connectivity index (χ0) is 31.3. The SMILES string of the molecule is COC(=O)[C@@H](C)CC(=O)c1cc2cc(CCNc3cc4cc(C(=O)C[C@H](C)C(=O)OC)sc4cc3OC)c(OC)cc2s1. The second-order valence-corrected chi connectivity index (χ2v) is 12.5. The molecule has 0 aliphatic carbocycles. The summed E-state index contributed by atoms with van der Waals surface area (Å²) in [5.41, 5.74) is 1.77. The van der Waals surface area contributed by atoms with Crippen molar-refractivity contribution in [3.63, 3.8) is 0 Å². The Hall–Kier alpha value is -3.96. The standard InChI is InChI=1S/C32H35NO8S2/c1-17(31(36)40-5)9-23(34)29-13-20-11-19(25(38-3)15-27(20)42-29)7-8-33-22-12-21-14-30(43-28(21)16-26(22)39-4)24(35)10-18(2)32(37)41-6/h11-18,33H,7-10H2,1-6H3/t17-,18-/m0/s1. The van der Waals surface area contributed by atoms with Crippen molar-refractivity contribution in [3.05, 3.63) is 51.7 Å². The molecule has 0 amide bonds. The Bertz CT molecular complexity index is 1550. The Morgan fingerprint density at radius 3 is 1.67 bits per heavy atom. The predicted octanol–water partition coefficient (Wildman–Crippen LogP) is 6.55. The summed E-state index contributed by atoms with van der Waals surface area (Å²) in [7, 11) is 5.85. The normalized spacial score (nSPS) is 12.5. The molecule has 0 saturated heterocycles. The first-order valence-electron chi connectivity index (χ1n) is 13.8. The molecule has 0 radical (unpaired) electrons. The van der Waals surface area contributed by atoms with Crippen molar-refractivity contribution in [2.45, 2.75) is 33.1 Å². The molecule has 4 aromatic rings. The lowest BCUT2D eigenvalue weighted by molar-refractivity contribution is -0.145. The summed E-state index contributed by atoms with van der Waals surface area (Å²) in [6.45, 7) is 3.94. The average Bonchev–Trinajstić information content (AvgIpc) is 3.62. The van der Waals surface area contributed by atoms with E-state index in [1.54, 1.807) is 28.1 Å². The zero-order valence-electron chi connectivity index (χ0n) is 25.0. The van der Waals surface area contributed by atoms with Crippen LogP contribution < -0.4 is 14.8 Å². The molecule has 0 fully saturated rings. The molecule has 2 heterocycles. The number of esters is 2. The van der Waals surface area contributed by atoms with Crippen molar-refractivity contribution < 1.29 is 38.1 Å². The van der Waals surface area contributed by atoms with E-state index in [0.717, 1.165) is 37.2 Å². The molecule has 0 saturated carbocycles. The van der Waals surface area contributed by atoms with Gasteiger partial charge in [-0.15, -0.1) is 22.7 Å². The number of fused-ring (bicyclic) bond motifs is 2. The number of ether oxygens (including phenoxy) is 4. The van der Waals surface area contributed by atoms with Gasteiger partial charge in [0.05, 0.1) is 55.7 Å². The van der Waals surface area contributed by atoms with Gasteiger partial charge in [0.15, 0.2) is 11.6 Å². The minimum absolute atomic E-state index is 0.0836. The number of carbonyl (C=O) groups is 4. The van der Waals surface area contributed by atoms with E-state index in [1.165, 1.54) is 36.9 Å². The lowest BCUT2D eigenvalue weighted by Crippen LogP contribution is -2.16. The fourth-order valence-corrected chi connectivity index (χ4v) is 6.85. The average molecular weight is 626 g/mol. The van der Waals surface area contributed by atoms with Gasteiger partial charge in [-0.2, -0.15) is 0 Å². The van der Waals surface area contributed by atoms with E-state index in [1.807, 2.05) is 36.4 Å². The second kappa shape index (κ2) is 14.0. The van der Waals surface area contributed by atoms with Crippen LogP contribution in [0.1, 0.15) is 51.6 Å². The quantitative estimate of drug-likeness (QED) is 0.123. The second-order valence-electron chi connectivity index (χ2n) is 10.3. The van der Waals surface area contributed by atoms with Crippen molar-refractivity contribution in [3.8, 4) is 11.5 Å². The van der Waals surface area contributed by atoms with E-state index in [-0.39, 0.29) is 24.4 Å². The summed E-state index contributed by atoms with van der Waals surface area (Å²) in [6, 6.07) is 11.5. The summed E-state index contributed by atoms with van der Waals surface area (Å²) in [6.07, 6.45) is 0.809. The summed E-state index contributed by atoms with van der Waals surface area (Å²) in [4.78, 5) is 50.3. The van der Waals surface area contributed by atoms with E-state index in [2.05, 4.69) is 5.32 Å². The first kappa shape index (κ1) is 32.0. The summed E-state index contributed by atoms with van der Waals surface area (Å²) < 4.78 is 22.6. The number of Topliss-reactive ketones (excluding diaryl/α,β-unsaturated/α-hetero) is 2. The van der Waals surface area contributed by atoms with Crippen molar-refractivity contribution in [2.75, 3.05) is 40.3 Å². The number of anilines is 1. The Kier molecular flexibility index (Phi) is 10.4. The number of methoxy groups -OCH3 is 4. The number of hydrogen-bond donors (Lipinski definition) is 1. The largest absolute Gasteiger partial charge is 0.496 e. The predicted molar refractivity (Wildman–Crippen MR) is 169 cm³/mol. The summed E-state index contributed by atoms with van der Waals surface area (Å²) >= 11 is 2.75. The van der Waals surface area contributed by atoms with E-state index >= 15 is 0 Å². The molecule has 2 aromatic carbocycles. The van der Waals surface area contributed by atoms with Crippen LogP contribution in [0.3, 0.4) is 0 Å². The molecule has 43 heavy (non-hydrogen) atoms. The van der Waals surface area contributed by atoms with Gasteiger partial charge >= 0.3 is 11.9 Å². The number of benzene rings is 2. The maximum atomic E-state index is 12.8.